The molecule has 0 aliphatic carbocycles. The molecule has 0 saturated carbocycles. The molecule has 1 fully saturated rings. The molecule has 5 rings (SSSR count). The molecule has 1 aliphatic rings. The smallest absolute Gasteiger partial charge is 0.335 e. The van der Waals surface area contributed by atoms with Crippen molar-refractivity contribution < 1.29 is 17.6 Å². The first kappa shape index (κ1) is 21.2. The number of H-pyrrole nitrogens is 1. The van der Waals surface area contributed by atoms with E-state index in [-0.39, 0.29) is 41.1 Å². The van der Waals surface area contributed by atoms with Crippen molar-refractivity contribution in [3.05, 3.63) is 54.3 Å². The van der Waals surface area contributed by atoms with E-state index in [2.05, 4.69) is 35.5 Å². The first-order valence-corrected chi connectivity index (χ1v) is 10.2. The summed E-state index contributed by atoms with van der Waals surface area (Å²) in [5.41, 5.74) is -0.0973. The van der Waals surface area contributed by atoms with Crippen molar-refractivity contribution in [3.8, 4) is 11.4 Å². The molecule has 1 aliphatic heterocycles. The van der Waals surface area contributed by atoms with Crippen molar-refractivity contribution in [1.82, 2.24) is 39.9 Å². The minimum atomic E-state index is -4.65. The quantitative estimate of drug-likeness (QED) is 0.453. The predicted molar refractivity (Wildman–Crippen MR) is 110 cm³/mol. The molecule has 172 valence electrons. The van der Waals surface area contributed by atoms with Crippen LogP contribution in [0.5, 0.6) is 0 Å². The molecule has 4 aromatic rings. The second kappa shape index (κ2) is 7.76. The van der Waals surface area contributed by atoms with Crippen LogP contribution in [0.4, 0.5) is 23.5 Å². The monoisotopic (exact) mass is 461 g/mol. The highest BCUT2D eigenvalue weighted by Gasteiger charge is 2.35. The van der Waals surface area contributed by atoms with Crippen molar-refractivity contribution in [2.75, 3.05) is 11.4 Å². The minimum absolute atomic E-state index is 0.0643. The summed E-state index contributed by atoms with van der Waals surface area (Å²) in [6, 6.07) is -0.129. The van der Waals surface area contributed by atoms with Gasteiger partial charge in [-0.1, -0.05) is 0 Å². The Morgan fingerprint density at radius 3 is 2.61 bits per heavy atom. The van der Waals surface area contributed by atoms with Crippen LogP contribution in [0.25, 0.3) is 17.0 Å². The lowest BCUT2D eigenvalue weighted by Crippen LogP contribution is -2.56. The van der Waals surface area contributed by atoms with Crippen LogP contribution in [0.3, 0.4) is 0 Å². The van der Waals surface area contributed by atoms with Crippen LogP contribution in [0.15, 0.2) is 37.2 Å². The maximum Gasteiger partial charge on any atom is 0.434 e. The molecule has 1 saturated heterocycles. The van der Waals surface area contributed by atoms with E-state index >= 15 is 0 Å². The largest absolute Gasteiger partial charge is 0.434 e. The molecule has 9 nitrogen and oxygen atoms in total. The number of hydrogen-bond acceptors (Lipinski definition) is 7. The third-order valence-electron chi connectivity index (χ3n) is 5.70. The number of imidazole rings is 1. The number of fused-ring (bicyclic) bond motifs is 1. The topological polar surface area (TPSA) is 99.9 Å². The van der Waals surface area contributed by atoms with Gasteiger partial charge in [0.25, 0.3) is 0 Å². The highest BCUT2D eigenvalue weighted by Crippen LogP contribution is 2.31. The molecule has 5 heterocycles. The van der Waals surface area contributed by atoms with E-state index in [1.807, 2.05) is 18.7 Å². The summed E-state index contributed by atoms with van der Waals surface area (Å²) in [4.78, 5) is 18.0. The standard InChI is InChI=1S/C20H19F4N9/c1-10-8-32(11(2)17(30-10)12-3-28-29-4-12)19-27-5-13(21)18(31-19)14-6-26-16-7-25-15(9-33(14)16)20(22,23)24/h3-7,9-11,17,30H,8H2,1-2H3,(H,28,29). The molecule has 0 spiro atoms. The van der Waals surface area contributed by atoms with E-state index in [0.717, 1.165) is 28.6 Å². The summed E-state index contributed by atoms with van der Waals surface area (Å²) >= 11 is 0. The zero-order chi connectivity index (χ0) is 23.3. The van der Waals surface area contributed by atoms with Crippen LogP contribution in [-0.4, -0.2) is 53.2 Å². The maximum absolute atomic E-state index is 14.8. The average molecular weight is 461 g/mol. The Morgan fingerprint density at radius 2 is 1.88 bits per heavy atom. The Labute approximate surface area is 184 Å². The number of aromatic amines is 1. The van der Waals surface area contributed by atoms with Gasteiger partial charge in [-0.25, -0.2) is 24.3 Å². The first-order chi connectivity index (χ1) is 15.7. The number of alkyl halides is 3. The van der Waals surface area contributed by atoms with Gasteiger partial charge in [0.15, 0.2) is 17.2 Å². The third-order valence-corrected chi connectivity index (χ3v) is 5.70. The fourth-order valence-electron chi connectivity index (χ4n) is 4.10. The highest BCUT2D eigenvalue weighted by atomic mass is 19.4. The number of hydrogen-bond donors (Lipinski definition) is 2. The fourth-order valence-corrected chi connectivity index (χ4v) is 4.10. The van der Waals surface area contributed by atoms with Crippen molar-refractivity contribution in [3.63, 3.8) is 0 Å². The Bertz CT molecular complexity index is 1280. The Balaban J connectivity index is 1.56. The molecule has 13 heteroatoms. The average Bonchev–Trinajstić information content (AvgIpc) is 3.45. The number of aromatic nitrogens is 7. The lowest BCUT2D eigenvalue weighted by atomic mass is 9.97. The molecular formula is C20H19F4N9. The summed E-state index contributed by atoms with van der Waals surface area (Å²) in [5, 5.41) is 10.3. The molecule has 4 aromatic heterocycles. The van der Waals surface area contributed by atoms with Gasteiger partial charge in [0, 0.05) is 36.6 Å². The van der Waals surface area contributed by atoms with Gasteiger partial charge in [0.1, 0.15) is 5.69 Å². The number of nitrogens with zero attached hydrogens (tertiary/aromatic N) is 7. The Kier molecular flexibility index (Phi) is 5.00. The van der Waals surface area contributed by atoms with Gasteiger partial charge < -0.3 is 10.2 Å². The van der Waals surface area contributed by atoms with E-state index in [9.17, 15) is 17.6 Å². The lowest BCUT2D eigenvalue weighted by Gasteiger charge is -2.43. The Morgan fingerprint density at radius 1 is 1.06 bits per heavy atom. The highest BCUT2D eigenvalue weighted by molar-refractivity contribution is 5.61. The number of piperazine rings is 1. The Hall–Kier alpha value is -3.61. The SMILES string of the molecule is CC1CN(c2ncc(F)c(-c3cnc4cnc(C(F)(F)F)cn34)n2)C(C)C(c2cn[nH]c2)N1. The van der Waals surface area contributed by atoms with Crippen molar-refractivity contribution in [1.29, 1.82) is 0 Å². The number of halogens is 4. The molecule has 0 amide bonds. The van der Waals surface area contributed by atoms with Crippen LogP contribution in [-0.2, 0) is 6.18 Å². The van der Waals surface area contributed by atoms with E-state index < -0.39 is 17.7 Å². The molecule has 33 heavy (non-hydrogen) atoms. The maximum atomic E-state index is 14.8. The normalized spacial score (nSPS) is 21.6. The minimum Gasteiger partial charge on any atom is -0.335 e. The molecule has 3 atom stereocenters. The van der Waals surface area contributed by atoms with Gasteiger partial charge in [-0.2, -0.15) is 18.3 Å². The summed E-state index contributed by atoms with van der Waals surface area (Å²) in [7, 11) is 0. The number of nitrogens with one attached hydrogen (secondary N) is 2. The second-order valence-corrected chi connectivity index (χ2v) is 7.98. The van der Waals surface area contributed by atoms with Crippen molar-refractivity contribution in [2.45, 2.75) is 38.1 Å². The van der Waals surface area contributed by atoms with Crippen molar-refractivity contribution in [2.24, 2.45) is 0 Å². The zero-order valence-electron chi connectivity index (χ0n) is 17.5. The van der Waals surface area contributed by atoms with Crippen LogP contribution >= 0.6 is 0 Å². The van der Waals surface area contributed by atoms with Crippen LogP contribution in [0.1, 0.15) is 31.1 Å². The molecule has 3 unspecified atom stereocenters. The van der Waals surface area contributed by atoms with Crippen LogP contribution in [0, 0.1) is 5.82 Å². The molecule has 0 aromatic carbocycles. The number of anilines is 1. The van der Waals surface area contributed by atoms with Gasteiger partial charge in [-0.15, -0.1) is 0 Å². The van der Waals surface area contributed by atoms with Crippen LogP contribution < -0.4 is 10.2 Å². The van der Waals surface area contributed by atoms with Gasteiger partial charge >= 0.3 is 6.18 Å². The van der Waals surface area contributed by atoms with E-state index in [1.54, 1.807) is 12.4 Å². The first-order valence-electron chi connectivity index (χ1n) is 10.2. The van der Waals surface area contributed by atoms with Gasteiger partial charge in [-0.05, 0) is 13.8 Å². The predicted octanol–water partition coefficient (Wildman–Crippen LogP) is 3.00. The lowest BCUT2D eigenvalue weighted by molar-refractivity contribution is -0.141. The second-order valence-electron chi connectivity index (χ2n) is 7.98. The molecule has 0 bridgehead atoms. The van der Waals surface area contributed by atoms with E-state index in [1.165, 1.54) is 6.20 Å². The summed E-state index contributed by atoms with van der Waals surface area (Å²) in [6.07, 6.45) is 2.93. The molecule has 2 N–H and O–H groups in total. The summed E-state index contributed by atoms with van der Waals surface area (Å²) < 4.78 is 55.4. The van der Waals surface area contributed by atoms with E-state index in [4.69, 9.17) is 0 Å². The molecular weight excluding hydrogens is 442 g/mol. The zero-order valence-corrected chi connectivity index (χ0v) is 17.5. The summed E-state index contributed by atoms with van der Waals surface area (Å²) in [5.74, 6) is -0.506. The van der Waals surface area contributed by atoms with Crippen LogP contribution in [0.2, 0.25) is 0 Å². The van der Waals surface area contributed by atoms with Gasteiger partial charge in [0.05, 0.1) is 36.5 Å². The molecule has 0 radical (unpaired) electrons. The van der Waals surface area contributed by atoms with Gasteiger partial charge in [-0.3, -0.25) is 9.50 Å². The summed E-state index contributed by atoms with van der Waals surface area (Å²) in [6.45, 7) is 4.54. The fraction of sp³-hybridized carbons (Fsp3) is 0.350. The van der Waals surface area contributed by atoms with E-state index in [0.29, 0.717) is 6.54 Å². The van der Waals surface area contributed by atoms with Crippen molar-refractivity contribution >= 4 is 11.6 Å². The third kappa shape index (κ3) is 3.77. The van der Waals surface area contributed by atoms with Gasteiger partial charge in [0.2, 0.25) is 5.95 Å². The number of rotatable bonds is 3.